The van der Waals surface area contributed by atoms with Crippen molar-refractivity contribution in [2.24, 2.45) is 0 Å². The van der Waals surface area contributed by atoms with Gasteiger partial charge >= 0.3 is 0 Å². The summed E-state index contributed by atoms with van der Waals surface area (Å²) in [5, 5.41) is 7.80. The van der Waals surface area contributed by atoms with Crippen LogP contribution in [0.1, 0.15) is 11.1 Å². The lowest BCUT2D eigenvalue weighted by molar-refractivity contribution is 0.468. The van der Waals surface area contributed by atoms with Crippen molar-refractivity contribution in [3.8, 4) is 23.0 Å². The van der Waals surface area contributed by atoms with Crippen LogP contribution >= 0.6 is 12.2 Å². The van der Waals surface area contributed by atoms with Gasteiger partial charge in [0.15, 0.2) is 10.9 Å². The summed E-state index contributed by atoms with van der Waals surface area (Å²) in [6.45, 7) is 4.09. The number of nitrogens with zero attached hydrogens (tertiary/aromatic N) is 2. The van der Waals surface area contributed by atoms with E-state index in [2.05, 4.69) is 17.6 Å². The van der Waals surface area contributed by atoms with E-state index in [0.29, 0.717) is 16.8 Å². The van der Waals surface area contributed by atoms with E-state index in [9.17, 15) is 0 Å². The highest BCUT2D eigenvalue weighted by Crippen LogP contribution is 2.30. The fourth-order valence-electron chi connectivity index (χ4n) is 3.68. The maximum atomic E-state index is 6.19. The molecule has 0 aliphatic carbocycles. The molecule has 0 radical (unpaired) electrons. The molecular formula is C29H24N4OS. The van der Waals surface area contributed by atoms with Gasteiger partial charge in [-0.2, -0.15) is 4.98 Å². The minimum atomic E-state index is 0.525. The van der Waals surface area contributed by atoms with Crippen LogP contribution in [0.4, 0.5) is 11.4 Å². The molecule has 0 aliphatic rings. The van der Waals surface area contributed by atoms with E-state index in [4.69, 9.17) is 26.9 Å². The highest BCUT2D eigenvalue weighted by Gasteiger charge is 2.12. The van der Waals surface area contributed by atoms with Crippen LogP contribution in [0.5, 0.6) is 11.6 Å². The Morgan fingerprint density at radius 3 is 2.11 bits per heavy atom. The Morgan fingerprint density at radius 1 is 0.714 bits per heavy atom. The first kappa shape index (κ1) is 22.5. The normalized spacial score (nSPS) is 10.7. The number of para-hydroxylation sites is 1. The molecule has 172 valence electrons. The van der Waals surface area contributed by atoms with Crippen LogP contribution in [0.15, 0.2) is 97.1 Å². The standard InChI is InChI=1S/C29H24N4OS/c1-19-10-14-22(15-11-19)30-29(35)31-23-16-12-21(13-17-23)27-32-26-9-4-3-8-25(26)28(33-27)34-24-7-5-6-20(2)18-24/h3-18H,1-2H3,(H2,30,31,35). The first-order valence-corrected chi connectivity index (χ1v) is 11.7. The third-order valence-electron chi connectivity index (χ3n) is 5.48. The molecule has 0 spiro atoms. The van der Waals surface area contributed by atoms with Crippen molar-refractivity contribution in [1.82, 2.24) is 9.97 Å². The van der Waals surface area contributed by atoms with Crippen molar-refractivity contribution in [3.63, 3.8) is 0 Å². The summed E-state index contributed by atoms with van der Waals surface area (Å²) in [7, 11) is 0. The number of thiocarbonyl (C=S) groups is 1. The number of anilines is 2. The Hall–Kier alpha value is -4.29. The van der Waals surface area contributed by atoms with Crippen LogP contribution in [-0.4, -0.2) is 15.1 Å². The molecule has 1 heterocycles. The summed E-state index contributed by atoms with van der Waals surface area (Å²) < 4.78 is 6.19. The first-order chi connectivity index (χ1) is 17.0. The van der Waals surface area contributed by atoms with Gasteiger partial charge < -0.3 is 15.4 Å². The Balaban J connectivity index is 1.38. The molecule has 0 saturated carbocycles. The maximum Gasteiger partial charge on any atom is 0.230 e. The van der Waals surface area contributed by atoms with E-state index >= 15 is 0 Å². The third kappa shape index (κ3) is 5.45. The molecule has 5 nitrogen and oxygen atoms in total. The van der Waals surface area contributed by atoms with Gasteiger partial charge in [-0.15, -0.1) is 0 Å². The molecule has 4 aromatic carbocycles. The summed E-state index contributed by atoms with van der Waals surface area (Å²) in [6, 6.07) is 31.7. The van der Waals surface area contributed by atoms with Crippen LogP contribution in [0.25, 0.3) is 22.3 Å². The Kier molecular flexibility index (Phi) is 6.37. The molecule has 2 N–H and O–H groups in total. The number of hydrogen-bond acceptors (Lipinski definition) is 4. The molecule has 0 fully saturated rings. The molecule has 0 saturated heterocycles. The van der Waals surface area contributed by atoms with Crippen molar-refractivity contribution in [3.05, 3.63) is 108 Å². The van der Waals surface area contributed by atoms with E-state index in [1.54, 1.807) is 0 Å². The first-order valence-electron chi connectivity index (χ1n) is 11.3. The van der Waals surface area contributed by atoms with Gasteiger partial charge in [-0.3, -0.25) is 0 Å². The molecule has 0 unspecified atom stereocenters. The molecule has 0 aliphatic heterocycles. The van der Waals surface area contributed by atoms with Crippen molar-refractivity contribution >= 4 is 39.6 Å². The highest BCUT2D eigenvalue weighted by molar-refractivity contribution is 7.80. The third-order valence-corrected chi connectivity index (χ3v) is 5.69. The number of benzene rings is 4. The number of fused-ring (bicyclic) bond motifs is 1. The Labute approximate surface area is 209 Å². The summed E-state index contributed by atoms with van der Waals surface area (Å²) >= 11 is 5.45. The zero-order valence-corrected chi connectivity index (χ0v) is 20.3. The summed E-state index contributed by atoms with van der Waals surface area (Å²) in [5.74, 6) is 1.87. The molecule has 0 atom stereocenters. The minimum Gasteiger partial charge on any atom is -0.438 e. The molecule has 6 heteroatoms. The second-order valence-electron chi connectivity index (χ2n) is 8.31. The minimum absolute atomic E-state index is 0.525. The lowest BCUT2D eigenvalue weighted by atomic mass is 10.1. The highest BCUT2D eigenvalue weighted by atomic mass is 32.1. The second kappa shape index (κ2) is 9.91. The zero-order chi connectivity index (χ0) is 24.2. The predicted octanol–water partition coefficient (Wildman–Crippen LogP) is 7.51. The summed E-state index contributed by atoms with van der Waals surface area (Å²) in [6.07, 6.45) is 0. The molecule has 5 aromatic rings. The lowest BCUT2D eigenvalue weighted by Crippen LogP contribution is -2.18. The quantitative estimate of drug-likeness (QED) is 0.256. The van der Waals surface area contributed by atoms with Gasteiger partial charge in [-0.25, -0.2) is 4.98 Å². The Morgan fingerprint density at radius 2 is 1.40 bits per heavy atom. The monoisotopic (exact) mass is 476 g/mol. The van der Waals surface area contributed by atoms with Crippen LogP contribution in [0, 0.1) is 13.8 Å². The van der Waals surface area contributed by atoms with Gasteiger partial charge in [-0.1, -0.05) is 42.0 Å². The molecule has 0 bridgehead atoms. The topological polar surface area (TPSA) is 59.1 Å². The number of nitrogens with one attached hydrogen (secondary N) is 2. The van der Waals surface area contributed by atoms with E-state index in [1.807, 2.05) is 104 Å². The van der Waals surface area contributed by atoms with Gasteiger partial charge in [0, 0.05) is 16.9 Å². The van der Waals surface area contributed by atoms with Crippen molar-refractivity contribution in [1.29, 1.82) is 0 Å². The van der Waals surface area contributed by atoms with E-state index in [1.165, 1.54) is 5.56 Å². The van der Waals surface area contributed by atoms with Gasteiger partial charge in [0.25, 0.3) is 0 Å². The molecule has 0 amide bonds. The van der Waals surface area contributed by atoms with Gasteiger partial charge in [0.05, 0.1) is 10.9 Å². The van der Waals surface area contributed by atoms with Crippen LogP contribution in [-0.2, 0) is 0 Å². The number of aryl methyl sites for hydroxylation is 2. The second-order valence-corrected chi connectivity index (χ2v) is 8.72. The van der Waals surface area contributed by atoms with Gasteiger partial charge in [-0.05, 0) is 92.3 Å². The average molecular weight is 477 g/mol. The summed E-state index contributed by atoms with van der Waals surface area (Å²) in [4.78, 5) is 9.53. The predicted molar refractivity (Wildman–Crippen MR) is 147 cm³/mol. The van der Waals surface area contributed by atoms with Crippen molar-refractivity contribution < 1.29 is 4.74 Å². The van der Waals surface area contributed by atoms with E-state index in [0.717, 1.165) is 39.2 Å². The van der Waals surface area contributed by atoms with Crippen molar-refractivity contribution in [2.75, 3.05) is 10.6 Å². The van der Waals surface area contributed by atoms with Crippen LogP contribution in [0.2, 0.25) is 0 Å². The fourth-order valence-corrected chi connectivity index (χ4v) is 3.91. The maximum absolute atomic E-state index is 6.19. The lowest BCUT2D eigenvalue weighted by Gasteiger charge is -2.12. The average Bonchev–Trinajstić information content (AvgIpc) is 2.86. The number of rotatable bonds is 5. The molecular weight excluding hydrogens is 452 g/mol. The zero-order valence-electron chi connectivity index (χ0n) is 19.4. The van der Waals surface area contributed by atoms with Gasteiger partial charge in [0.2, 0.25) is 5.88 Å². The van der Waals surface area contributed by atoms with E-state index in [-0.39, 0.29) is 0 Å². The Bertz CT molecular complexity index is 1500. The summed E-state index contributed by atoms with van der Waals surface area (Å²) in [5.41, 5.74) is 5.84. The number of hydrogen-bond donors (Lipinski definition) is 2. The number of aromatic nitrogens is 2. The fraction of sp³-hybridized carbons (Fsp3) is 0.0690. The van der Waals surface area contributed by atoms with Gasteiger partial charge in [0.1, 0.15) is 5.75 Å². The van der Waals surface area contributed by atoms with Crippen molar-refractivity contribution in [2.45, 2.75) is 13.8 Å². The van der Waals surface area contributed by atoms with Crippen LogP contribution in [0.3, 0.4) is 0 Å². The SMILES string of the molecule is Cc1ccc(NC(=S)Nc2ccc(-c3nc(Oc4cccc(C)c4)c4ccccc4n3)cc2)cc1. The van der Waals surface area contributed by atoms with E-state index < -0.39 is 0 Å². The number of ether oxygens (including phenoxy) is 1. The largest absolute Gasteiger partial charge is 0.438 e. The smallest absolute Gasteiger partial charge is 0.230 e. The molecule has 5 rings (SSSR count). The van der Waals surface area contributed by atoms with Crippen LogP contribution < -0.4 is 15.4 Å². The molecule has 35 heavy (non-hydrogen) atoms. The molecule has 1 aromatic heterocycles.